The molecule has 2 aliphatic heterocycles. The standard InChI is InChI=1S/C25H30N4O/c1-2-26-25(28-15-12-22(13-16-28)20-8-4-3-5-9-20)27-18-24(30)29-17-14-21-10-6-7-11-23(21)19-29/h3-12H,2,13-19H2,1H3,(H,26,27). The van der Waals surface area contributed by atoms with Crippen molar-refractivity contribution in [1.82, 2.24) is 15.1 Å². The largest absolute Gasteiger partial charge is 0.356 e. The highest BCUT2D eigenvalue weighted by Gasteiger charge is 2.21. The van der Waals surface area contributed by atoms with Gasteiger partial charge >= 0.3 is 0 Å². The van der Waals surface area contributed by atoms with Crippen molar-refractivity contribution in [3.05, 3.63) is 77.4 Å². The van der Waals surface area contributed by atoms with Gasteiger partial charge in [-0.3, -0.25) is 4.79 Å². The summed E-state index contributed by atoms with van der Waals surface area (Å²) in [4.78, 5) is 21.6. The summed E-state index contributed by atoms with van der Waals surface area (Å²) in [7, 11) is 0. The van der Waals surface area contributed by atoms with Crippen LogP contribution in [0.15, 0.2) is 65.7 Å². The highest BCUT2D eigenvalue weighted by molar-refractivity contribution is 5.86. The van der Waals surface area contributed by atoms with Crippen LogP contribution in [0.5, 0.6) is 0 Å². The minimum atomic E-state index is 0.0948. The Morgan fingerprint density at radius 1 is 0.967 bits per heavy atom. The summed E-state index contributed by atoms with van der Waals surface area (Å²) >= 11 is 0. The molecule has 0 fully saturated rings. The summed E-state index contributed by atoms with van der Waals surface area (Å²) in [5, 5.41) is 3.36. The molecule has 30 heavy (non-hydrogen) atoms. The van der Waals surface area contributed by atoms with Crippen LogP contribution in [0.25, 0.3) is 5.57 Å². The average Bonchev–Trinajstić information content (AvgIpc) is 2.82. The van der Waals surface area contributed by atoms with Gasteiger partial charge in [-0.05, 0) is 42.0 Å². The molecule has 0 radical (unpaired) electrons. The number of nitrogens with one attached hydrogen (secondary N) is 1. The zero-order valence-electron chi connectivity index (χ0n) is 17.7. The van der Waals surface area contributed by atoms with E-state index in [1.165, 1.54) is 22.3 Å². The maximum atomic E-state index is 12.8. The number of guanidine groups is 1. The molecule has 156 valence electrons. The second-order valence-electron chi connectivity index (χ2n) is 7.80. The fourth-order valence-corrected chi connectivity index (χ4v) is 4.15. The molecule has 0 aliphatic carbocycles. The molecule has 2 aromatic carbocycles. The molecule has 0 saturated carbocycles. The van der Waals surface area contributed by atoms with Crippen LogP contribution in [0.1, 0.15) is 30.0 Å². The van der Waals surface area contributed by atoms with Crippen molar-refractivity contribution in [3.8, 4) is 0 Å². The van der Waals surface area contributed by atoms with E-state index < -0.39 is 0 Å². The first-order valence-corrected chi connectivity index (χ1v) is 10.9. The molecule has 0 unspecified atom stereocenters. The molecule has 0 saturated heterocycles. The summed E-state index contributed by atoms with van der Waals surface area (Å²) in [6, 6.07) is 18.9. The third-order valence-electron chi connectivity index (χ3n) is 5.84. The maximum Gasteiger partial charge on any atom is 0.244 e. The Bertz CT molecular complexity index is 935. The van der Waals surface area contributed by atoms with Crippen LogP contribution >= 0.6 is 0 Å². The molecule has 4 rings (SSSR count). The predicted molar refractivity (Wildman–Crippen MR) is 122 cm³/mol. The van der Waals surface area contributed by atoms with E-state index in [4.69, 9.17) is 0 Å². The number of benzene rings is 2. The van der Waals surface area contributed by atoms with Crippen LogP contribution in [0, 0.1) is 0 Å². The molecular formula is C25H30N4O. The van der Waals surface area contributed by atoms with Crippen molar-refractivity contribution in [3.63, 3.8) is 0 Å². The van der Waals surface area contributed by atoms with Crippen molar-refractivity contribution in [2.45, 2.75) is 26.3 Å². The first-order valence-electron chi connectivity index (χ1n) is 10.9. The fourth-order valence-electron chi connectivity index (χ4n) is 4.15. The lowest BCUT2D eigenvalue weighted by molar-refractivity contribution is -0.130. The predicted octanol–water partition coefficient (Wildman–Crippen LogP) is 3.33. The van der Waals surface area contributed by atoms with Gasteiger partial charge in [0.2, 0.25) is 5.91 Å². The average molecular weight is 403 g/mol. The molecule has 2 aromatic rings. The van der Waals surface area contributed by atoms with Crippen LogP contribution in [0.2, 0.25) is 0 Å². The lowest BCUT2D eigenvalue weighted by Crippen LogP contribution is -2.44. The molecule has 0 atom stereocenters. The number of amides is 1. The van der Waals surface area contributed by atoms with Crippen molar-refractivity contribution < 1.29 is 4.79 Å². The summed E-state index contributed by atoms with van der Waals surface area (Å²) < 4.78 is 0. The van der Waals surface area contributed by atoms with Crippen molar-refractivity contribution in [1.29, 1.82) is 0 Å². The Labute approximate surface area is 179 Å². The first-order chi connectivity index (χ1) is 14.7. The number of nitrogens with zero attached hydrogens (tertiary/aromatic N) is 3. The van der Waals surface area contributed by atoms with Gasteiger partial charge in [0, 0.05) is 32.7 Å². The molecule has 1 N–H and O–H groups in total. The zero-order chi connectivity index (χ0) is 20.8. The van der Waals surface area contributed by atoms with E-state index in [1.54, 1.807) is 0 Å². The van der Waals surface area contributed by atoms with Crippen LogP contribution in [0.4, 0.5) is 0 Å². The number of fused-ring (bicyclic) bond motifs is 1. The van der Waals surface area contributed by atoms with Crippen LogP contribution < -0.4 is 5.32 Å². The van der Waals surface area contributed by atoms with Gasteiger partial charge in [0.05, 0.1) is 0 Å². The minimum Gasteiger partial charge on any atom is -0.356 e. The summed E-state index contributed by atoms with van der Waals surface area (Å²) in [5.74, 6) is 0.920. The van der Waals surface area contributed by atoms with E-state index in [2.05, 4.69) is 70.7 Å². The van der Waals surface area contributed by atoms with E-state index in [9.17, 15) is 4.79 Å². The van der Waals surface area contributed by atoms with Crippen molar-refractivity contribution in [2.75, 3.05) is 32.7 Å². The highest BCUT2D eigenvalue weighted by atomic mass is 16.2. The van der Waals surface area contributed by atoms with Gasteiger partial charge in [-0.25, -0.2) is 4.99 Å². The summed E-state index contributed by atoms with van der Waals surface area (Å²) in [6.07, 6.45) is 4.17. The maximum absolute atomic E-state index is 12.8. The zero-order valence-corrected chi connectivity index (χ0v) is 17.7. The fraction of sp³-hybridized carbons (Fsp3) is 0.360. The van der Waals surface area contributed by atoms with E-state index in [0.29, 0.717) is 6.54 Å². The van der Waals surface area contributed by atoms with E-state index >= 15 is 0 Å². The molecule has 2 aliphatic rings. The highest BCUT2D eigenvalue weighted by Crippen LogP contribution is 2.22. The van der Waals surface area contributed by atoms with E-state index in [0.717, 1.165) is 45.0 Å². The van der Waals surface area contributed by atoms with Gasteiger partial charge < -0.3 is 15.1 Å². The second kappa shape index (κ2) is 9.61. The number of hydrogen-bond acceptors (Lipinski definition) is 2. The van der Waals surface area contributed by atoms with Crippen LogP contribution in [-0.4, -0.2) is 54.4 Å². The number of carbonyl (C=O) groups is 1. The second-order valence-corrected chi connectivity index (χ2v) is 7.80. The van der Waals surface area contributed by atoms with Gasteiger partial charge in [0.15, 0.2) is 5.96 Å². The van der Waals surface area contributed by atoms with Gasteiger partial charge in [-0.15, -0.1) is 0 Å². The van der Waals surface area contributed by atoms with E-state index in [1.807, 2.05) is 17.0 Å². The van der Waals surface area contributed by atoms with Crippen molar-refractivity contribution >= 4 is 17.4 Å². The molecular weight excluding hydrogens is 372 g/mol. The molecule has 0 spiro atoms. The lowest BCUT2D eigenvalue weighted by atomic mass is 10.00. The first kappa shape index (κ1) is 20.2. The van der Waals surface area contributed by atoms with Gasteiger partial charge in [0.25, 0.3) is 0 Å². The van der Waals surface area contributed by atoms with Crippen LogP contribution in [0.3, 0.4) is 0 Å². The number of aliphatic imine (C=N–C) groups is 1. The Morgan fingerprint density at radius 2 is 1.70 bits per heavy atom. The molecule has 5 heteroatoms. The Kier molecular flexibility index (Phi) is 6.47. The van der Waals surface area contributed by atoms with Crippen LogP contribution in [-0.2, 0) is 17.8 Å². The smallest absolute Gasteiger partial charge is 0.244 e. The SMILES string of the molecule is CCNC(=NCC(=O)N1CCc2ccccc2C1)N1CC=C(c2ccccc2)CC1. The topological polar surface area (TPSA) is 47.9 Å². The van der Waals surface area contributed by atoms with Crippen molar-refractivity contribution in [2.24, 2.45) is 4.99 Å². The Balaban J connectivity index is 1.38. The number of hydrogen-bond donors (Lipinski definition) is 1. The number of carbonyl (C=O) groups excluding carboxylic acids is 1. The third kappa shape index (κ3) is 4.73. The molecule has 2 heterocycles. The summed E-state index contributed by atoms with van der Waals surface area (Å²) in [6.45, 7) is 6.21. The molecule has 0 aromatic heterocycles. The monoisotopic (exact) mass is 402 g/mol. The summed E-state index contributed by atoms with van der Waals surface area (Å²) in [5.41, 5.74) is 5.28. The third-order valence-corrected chi connectivity index (χ3v) is 5.84. The van der Waals surface area contributed by atoms with Gasteiger partial charge in [-0.1, -0.05) is 60.7 Å². The normalized spacial score (nSPS) is 16.7. The minimum absolute atomic E-state index is 0.0948. The molecule has 1 amide bonds. The number of rotatable bonds is 4. The van der Waals surface area contributed by atoms with E-state index in [-0.39, 0.29) is 12.5 Å². The van der Waals surface area contributed by atoms with Gasteiger partial charge in [0.1, 0.15) is 6.54 Å². The Hall–Kier alpha value is -3.08. The lowest BCUT2D eigenvalue weighted by Gasteiger charge is -2.31. The molecule has 5 nitrogen and oxygen atoms in total. The Morgan fingerprint density at radius 3 is 2.43 bits per heavy atom. The quantitative estimate of drug-likeness (QED) is 0.630. The molecule has 0 bridgehead atoms. The van der Waals surface area contributed by atoms with Gasteiger partial charge in [-0.2, -0.15) is 0 Å².